The SMILES string of the molecule is CC1(C(=O)Nc2ccc(S(=O)(=O)Cc3c(Cl)cccc3Cl)cc2)CC1C(F)(F)F. The number of alkyl halides is 3. The summed E-state index contributed by atoms with van der Waals surface area (Å²) in [7, 11) is -3.78. The maximum absolute atomic E-state index is 12.8. The lowest BCUT2D eigenvalue weighted by Crippen LogP contribution is -2.27. The number of nitrogens with one attached hydrogen (secondary N) is 1. The van der Waals surface area contributed by atoms with Gasteiger partial charge in [-0.25, -0.2) is 8.42 Å². The summed E-state index contributed by atoms with van der Waals surface area (Å²) in [5, 5.41) is 2.86. The number of carbonyl (C=O) groups is 1. The van der Waals surface area contributed by atoms with Crippen molar-refractivity contribution < 1.29 is 26.4 Å². The van der Waals surface area contributed by atoms with E-state index in [2.05, 4.69) is 5.32 Å². The first-order valence-electron chi connectivity index (χ1n) is 8.48. The fourth-order valence-corrected chi connectivity index (χ4v) is 5.15. The molecule has 156 valence electrons. The summed E-state index contributed by atoms with van der Waals surface area (Å²) in [6.07, 6.45) is -4.70. The van der Waals surface area contributed by atoms with Crippen LogP contribution in [0.2, 0.25) is 10.0 Å². The monoisotopic (exact) mass is 465 g/mol. The molecule has 2 aromatic rings. The molecule has 0 aromatic heterocycles. The van der Waals surface area contributed by atoms with Crippen molar-refractivity contribution in [2.45, 2.75) is 30.2 Å². The Bertz CT molecular complexity index is 1040. The van der Waals surface area contributed by atoms with Crippen molar-refractivity contribution in [3.8, 4) is 0 Å². The molecule has 29 heavy (non-hydrogen) atoms. The summed E-state index contributed by atoms with van der Waals surface area (Å²) in [4.78, 5) is 12.2. The highest BCUT2D eigenvalue weighted by Crippen LogP contribution is 2.60. The number of carbonyl (C=O) groups excluding carboxylic acids is 1. The predicted octanol–water partition coefficient (Wildman–Crippen LogP) is 5.49. The number of sulfone groups is 1. The van der Waals surface area contributed by atoms with Gasteiger partial charge in [-0.2, -0.15) is 13.2 Å². The number of rotatable bonds is 5. The first-order chi connectivity index (χ1) is 13.3. The topological polar surface area (TPSA) is 63.2 Å². The maximum Gasteiger partial charge on any atom is 0.392 e. The first-order valence-corrected chi connectivity index (χ1v) is 10.9. The Morgan fingerprint density at radius 1 is 1.14 bits per heavy atom. The van der Waals surface area contributed by atoms with Crippen LogP contribution in [0.3, 0.4) is 0 Å². The first kappa shape index (κ1) is 21.9. The highest BCUT2D eigenvalue weighted by atomic mass is 35.5. The third-order valence-corrected chi connectivity index (χ3v) is 7.39. The Morgan fingerprint density at radius 2 is 1.69 bits per heavy atom. The van der Waals surface area contributed by atoms with Crippen LogP contribution in [0.5, 0.6) is 0 Å². The predicted molar refractivity (Wildman–Crippen MR) is 105 cm³/mol. The third-order valence-electron chi connectivity index (χ3n) is 5.02. The van der Waals surface area contributed by atoms with Crippen molar-refractivity contribution in [3.05, 3.63) is 58.1 Å². The van der Waals surface area contributed by atoms with Gasteiger partial charge in [-0.15, -0.1) is 0 Å². The van der Waals surface area contributed by atoms with Crippen molar-refractivity contribution in [2.24, 2.45) is 11.3 Å². The van der Waals surface area contributed by atoms with Crippen LogP contribution in [0.1, 0.15) is 18.9 Å². The number of benzene rings is 2. The second-order valence-corrected chi connectivity index (χ2v) is 9.96. The summed E-state index contributed by atoms with van der Waals surface area (Å²) >= 11 is 12.0. The van der Waals surface area contributed by atoms with Gasteiger partial charge >= 0.3 is 6.18 Å². The van der Waals surface area contributed by atoms with Gasteiger partial charge in [0, 0.05) is 21.3 Å². The Morgan fingerprint density at radius 3 is 2.17 bits per heavy atom. The minimum atomic E-state index is -4.43. The standard InChI is InChI=1S/C19H16Cl2F3NO3S/c1-18(9-16(18)19(22,23)24)17(26)25-11-5-7-12(8-6-11)29(27,28)10-13-14(20)3-2-4-15(13)21/h2-8,16H,9-10H2,1H3,(H,25,26). The lowest BCUT2D eigenvalue weighted by Gasteiger charge is -2.14. The molecular weight excluding hydrogens is 450 g/mol. The number of hydrogen-bond donors (Lipinski definition) is 1. The number of halogens is 5. The molecule has 1 aliphatic rings. The zero-order valence-corrected chi connectivity index (χ0v) is 17.4. The van der Waals surface area contributed by atoms with Crippen LogP contribution in [0.4, 0.5) is 18.9 Å². The molecule has 1 fully saturated rings. The van der Waals surface area contributed by atoms with Crippen LogP contribution in [0.15, 0.2) is 47.4 Å². The molecule has 0 spiro atoms. The van der Waals surface area contributed by atoms with E-state index in [0.29, 0.717) is 0 Å². The highest BCUT2D eigenvalue weighted by Gasteiger charge is 2.67. The van der Waals surface area contributed by atoms with Crippen LogP contribution in [0.25, 0.3) is 0 Å². The number of amides is 1. The fraction of sp³-hybridized carbons (Fsp3) is 0.316. The summed E-state index contributed by atoms with van der Waals surface area (Å²) in [6, 6.07) is 9.86. The largest absolute Gasteiger partial charge is 0.392 e. The van der Waals surface area contributed by atoms with Gasteiger partial charge in [0.25, 0.3) is 0 Å². The van der Waals surface area contributed by atoms with E-state index in [1.54, 1.807) is 6.07 Å². The van der Waals surface area contributed by atoms with E-state index in [9.17, 15) is 26.4 Å². The molecule has 0 saturated heterocycles. The molecule has 3 rings (SSSR count). The van der Waals surface area contributed by atoms with Crippen LogP contribution in [0, 0.1) is 11.3 Å². The van der Waals surface area contributed by atoms with Crippen LogP contribution < -0.4 is 5.32 Å². The van der Waals surface area contributed by atoms with Gasteiger partial charge in [0.1, 0.15) is 0 Å². The molecule has 1 amide bonds. The van der Waals surface area contributed by atoms with E-state index >= 15 is 0 Å². The molecule has 2 atom stereocenters. The Labute approximate surface area is 175 Å². The molecular formula is C19H16Cl2F3NO3S. The average molecular weight is 466 g/mol. The molecule has 0 aliphatic heterocycles. The Hall–Kier alpha value is -1.77. The van der Waals surface area contributed by atoms with E-state index < -0.39 is 39.0 Å². The van der Waals surface area contributed by atoms with E-state index in [1.807, 2.05) is 0 Å². The van der Waals surface area contributed by atoms with E-state index in [4.69, 9.17) is 23.2 Å². The molecule has 0 radical (unpaired) electrons. The number of anilines is 1. The van der Waals surface area contributed by atoms with Crippen molar-refractivity contribution in [2.75, 3.05) is 5.32 Å². The molecule has 1 saturated carbocycles. The minimum Gasteiger partial charge on any atom is -0.326 e. The molecule has 0 bridgehead atoms. The lowest BCUT2D eigenvalue weighted by molar-refractivity contribution is -0.159. The van der Waals surface area contributed by atoms with Crippen LogP contribution in [-0.4, -0.2) is 20.5 Å². The van der Waals surface area contributed by atoms with Gasteiger partial charge in [-0.05, 0) is 42.8 Å². The van der Waals surface area contributed by atoms with E-state index in [1.165, 1.54) is 43.3 Å². The molecule has 1 aliphatic carbocycles. The van der Waals surface area contributed by atoms with Crippen molar-refractivity contribution in [3.63, 3.8) is 0 Å². The smallest absolute Gasteiger partial charge is 0.326 e. The van der Waals surface area contributed by atoms with Crippen molar-refractivity contribution in [1.29, 1.82) is 0 Å². The van der Waals surface area contributed by atoms with Gasteiger partial charge in [-0.3, -0.25) is 4.79 Å². The van der Waals surface area contributed by atoms with Gasteiger partial charge in [-0.1, -0.05) is 36.2 Å². The molecule has 10 heteroatoms. The fourth-order valence-electron chi connectivity index (χ4n) is 3.06. The third kappa shape index (κ3) is 4.54. The van der Waals surface area contributed by atoms with Gasteiger partial charge in [0.15, 0.2) is 9.84 Å². The summed E-state index contributed by atoms with van der Waals surface area (Å²) in [5.41, 5.74) is -1.03. The van der Waals surface area contributed by atoms with Gasteiger partial charge < -0.3 is 5.32 Å². The van der Waals surface area contributed by atoms with Crippen LogP contribution >= 0.6 is 23.2 Å². The molecule has 1 N–H and O–H groups in total. The Kier molecular flexibility index (Phi) is 5.66. The summed E-state index contributed by atoms with van der Waals surface area (Å²) in [5.74, 6) is -2.84. The van der Waals surface area contributed by atoms with Crippen LogP contribution in [-0.2, 0) is 20.4 Å². The van der Waals surface area contributed by atoms with E-state index in [-0.39, 0.29) is 32.6 Å². The average Bonchev–Trinajstić information content (AvgIpc) is 3.33. The van der Waals surface area contributed by atoms with Crippen molar-refractivity contribution in [1.82, 2.24) is 0 Å². The molecule has 0 heterocycles. The maximum atomic E-state index is 12.8. The zero-order chi connectivity index (χ0) is 21.6. The molecule has 2 unspecified atom stereocenters. The normalized spacial score (nSPS) is 21.7. The number of hydrogen-bond acceptors (Lipinski definition) is 3. The summed E-state index contributed by atoms with van der Waals surface area (Å²) < 4.78 is 63.6. The molecule has 4 nitrogen and oxygen atoms in total. The minimum absolute atomic E-state index is 0.0303. The second-order valence-electron chi connectivity index (χ2n) is 7.15. The highest BCUT2D eigenvalue weighted by molar-refractivity contribution is 7.90. The Balaban J connectivity index is 1.73. The van der Waals surface area contributed by atoms with E-state index in [0.717, 1.165) is 0 Å². The zero-order valence-electron chi connectivity index (χ0n) is 15.1. The second kappa shape index (κ2) is 7.49. The quantitative estimate of drug-likeness (QED) is 0.634. The lowest BCUT2D eigenvalue weighted by atomic mass is 10.1. The van der Waals surface area contributed by atoms with Crippen molar-refractivity contribution >= 4 is 44.6 Å². The summed E-state index contributed by atoms with van der Waals surface area (Å²) in [6.45, 7) is 1.26. The van der Waals surface area contributed by atoms with Gasteiger partial charge in [0.2, 0.25) is 5.91 Å². The molecule has 2 aromatic carbocycles. The van der Waals surface area contributed by atoms with Gasteiger partial charge in [0.05, 0.1) is 22.0 Å².